The first-order valence-electron chi connectivity index (χ1n) is 13.6. The molecule has 0 bridgehead atoms. The lowest BCUT2D eigenvalue weighted by Crippen LogP contribution is -2.39. The summed E-state index contributed by atoms with van der Waals surface area (Å²) in [4.78, 5) is 36.7. The number of aromatic nitrogens is 3. The van der Waals surface area contributed by atoms with E-state index >= 15 is 0 Å². The van der Waals surface area contributed by atoms with E-state index in [4.69, 9.17) is 4.98 Å². The van der Waals surface area contributed by atoms with E-state index in [9.17, 15) is 19.1 Å². The van der Waals surface area contributed by atoms with Crippen LogP contribution in [0.3, 0.4) is 0 Å². The minimum Gasteiger partial charge on any atom is -0.481 e. The molecule has 4 aromatic rings. The Morgan fingerprint density at radius 1 is 1.15 bits per heavy atom. The summed E-state index contributed by atoms with van der Waals surface area (Å²) in [6, 6.07) is 8.71. The van der Waals surface area contributed by atoms with Crippen LogP contribution >= 0.6 is 11.3 Å². The van der Waals surface area contributed by atoms with Crippen molar-refractivity contribution in [3.05, 3.63) is 53.9 Å². The number of aryl methyl sites for hydroxylation is 1. The quantitative estimate of drug-likeness (QED) is 0.253. The second-order valence-electron chi connectivity index (χ2n) is 10.9. The van der Waals surface area contributed by atoms with Gasteiger partial charge in [-0.3, -0.25) is 14.5 Å². The number of carboxylic acids is 1. The van der Waals surface area contributed by atoms with E-state index in [0.29, 0.717) is 28.7 Å². The molecule has 2 aliphatic carbocycles. The molecule has 3 heterocycles. The normalized spacial score (nSPS) is 16.6. The average molecular weight is 547 g/mol. The first-order chi connectivity index (χ1) is 18.9. The summed E-state index contributed by atoms with van der Waals surface area (Å²) in [6.45, 7) is 0. The van der Waals surface area contributed by atoms with Crippen molar-refractivity contribution < 1.29 is 19.1 Å². The first-order valence-corrected chi connectivity index (χ1v) is 14.5. The second kappa shape index (κ2) is 10.5. The number of aliphatic carboxylic acids is 1. The molecule has 0 radical (unpaired) electrons. The Labute approximate surface area is 230 Å². The largest absolute Gasteiger partial charge is 0.481 e. The molecule has 1 atom stereocenters. The van der Waals surface area contributed by atoms with Crippen LogP contribution in [0.25, 0.3) is 33.4 Å². The molecule has 0 spiro atoms. The van der Waals surface area contributed by atoms with Crippen molar-refractivity contribution in [2.24, 2.45) is 18.9 Å². The van der Waals surface area contributed by atoms with Gasteiger partial charge >= 0.3 is 5.97 Å². The molecule has 2 fully saturated rings. The van der Waals surface area contributed by atoms with Gasteiger partial charge in [0, 0.05) is 53.3 Å². The van der Waals surface area contributed by atoms with Crippen LogP contribution in [0.2, 0.25) is 0 Å². The zero-order valence-corrected chi connectivity index (χ0v) is 22.7. The van der Waals surface area contributed by atoms with Gasteiger partial charge < -0.3 is 9.67 Å². The van der Waals surface area contributed by atoms with Crippen LogP contribution in [0.1, 0.15) is 51.4 Å². The topological polar surface area (TPSA) is 88.3 Å². The Kier molecular flexibility index (Phi) is 6.93. The van der Waals surface area contributed by atoms with Gasteiger partial charge in [0.15, 0.2) is 5.13 Å². The lowest BCUT2D eigenvalue weighted by atomic mass is 9.90. The number of hydrogen-bond donors (Lipinski definition) is 1. The van der Waals surface area contributed by atoms with E-state index in [1.807, 2.05) is 35.3 Å². The number of fused-ring (bicyclic) bond motifs is 1. The van der Waals surface area contributed by atoms with Gasteiger partial charge in [0.2, 0.25) is 5.91 Å². The van der Waals surface area contributed by atoms with Crippen LogP contribution in [-0.4, -0.2) is 37.6 Å². The number of hydrogen-bond acceptors (Lipinski definition) is 5. The van der Waals surface area contributed by atoms with Crippen molar-refractivity contribution >= 4 is 39.4 Å². The number of halogens is 1. The lowest BCUT2D eigenvalue weighted by molar-refractivity contribution is -0.141. The number of nitrogens with zero attached hydrogens (tertiary/aromatic N) is 4. The van der Waals surface area contributed by atoms with Crippen LogP contribution in [0.4, 0.5) is 9.52 Å². The number of thiazole rings is 1. The zero-order chi connectivity index (χ0) is 27.1. The monoisotopic (exact) mass is 546 g/mol. The number of carboxylic acid groups (broad SMARTS) is 1. The molecule has 3 aromatic heterocycles. The average Bonchev–Trinajstić information content (AvgIpc) is 3.27. The molecule has 1 amide bonds. The van der Waals surface area contributed by atoms with Gasteiger partial charge in [-0.05, 0) is 55.0 Å². The maximum absolute atomic E-state index is 14.5. The molecule has 0 saturated heterocycles. The van der Waals surface area contributed by atoms with Crippen LogP contribution in [0.5, 0.6) is 0 Å². The molecule has 202 valence electrons. The van der Waals surface area contributed by atoms with E-state index in [0.717, 1.165) is 60.7 Å². The van der Waals surface area contributed by atoms with E-state index in [1.54, 1.807) is 17.2 Å². The Hall–Kier alpha value is -3.59. The minimum atomic E-state index is -0.949. The predicted molar refractivity (Wildman–Crippen MR) is 150 cm³/mol. The summed E-state index contributed by atoms with van der Waals surface area (Å²) in [5, 5.41) is 13.0. The predicted octanol–water partition coefficient (Wildman–Crippen LogP) is 6.67. The smallest absolute Gasteiger partial charge is 0.304 e. The van der Waals surface area contributed by atoms with E-state index in [-0.39, 0.29) is 24.2 Å². The van der Waals surface area contributed by atoms with Gasteiger partial charge in [0.1, 0.15) is 11.5 Å². The SMILES string of the molecule is Cn1ccc2cc(-c3ccc(F)cc3-c3csc(N(C(=O)[C@@H](CC(=O)O)CC4CCCC4)C4CC4)n3)cnc21. The fraction of sp³-hybridized carbons (Fsp3) is 0.400. The van der Waals surface area contributed by atoms with Gasteiger partial charge in [-0.15, -0.1) is 11.3 Å². The summed E-state index contributed by atoms with van der Waals surface area (Å²) in [7, 11) is 1.94. The Morgan fingerprint density at radius 3 is 2.69 bits per heavy atom. The number of pyridine rings is 1. The maximum Gasteiger partial charge on any atom is 0.304 e. The minimum absolute atomic E-state index is 0.0352. The van der Waals surface area contributed by atoms with Gasteiger partial charge in [-0.1, -0.05) is 31.7 Å². The number of carbonyl (C=O) groups is 2. The number of carbonyl (C=O) groups excluding carboxylic acids is 1. The maximum atomic E-state index is 14.5. The van der Waals surface area contributed by atoms with Crippen LogP contribution in [0, 0.1) is 17.7 Å². The van der Waals surface area contributed by atoms with Crippen LogP contribution in [0.15, 0.2) is 48.1 Å². The third-order valence-corrected chi connectivity index (χ3v) is 8.83. The summed E-state index contributed by atoms with van der Waals surface area (Å²) in [5.41, 5.74) is 3.74. The molecule has 1 aromatic carbocycles. The van der Waals surface area contributed by atoms with Crippen molar-refractivity contribution in [1.29, 1.82) is 0 Å². The van der Waals surface area contributed by atoms with Gasteiger partial charge in [0.05, 0.1) is 12.1 Å². The number of anilines is 1. The van der Waals surface area contributed by atoms with Gasteiger partial charge in [0.25, 0.3) is 0 Å². The molecule has 9 heteroatoms. The summed E-state index contributed by atoms with van der Waals surface area (Å²) >= 11 is 1.35. The number of amides is 1. The molecule has 7 nitrogen and oxygen atoms in total. The Morgan fingerprint density at radius 2 is 1.95 bits per heavy atom. The third-order valence-electron chi connectivity index (χ3n) is 7.99. The number of benzene rings is 1. The summed E-state index contributed by atoms with van der Waals surface area (Å²) in [5.74, 6) is -1.63. The molecule has 2 saturated carbocycles. The third kappa shape index (κ3) is 5.32. The molecule has 2 aliphatic rings. The van der Waals surface area contributed by atoms with Crippen molar-refractivity contribution in [3.8, 4) is 22.4 Å². The van der Waals surface area contributed by atoms with Crippen LogP contribution in [-0.2, 0) is 16.6 Å². The van der Waals surface area contributed by atoms with E-state index in [2.05, 4.69) is 4.98 Å². The fourth-order valence-electron chi connectivity index (χ4n) is 5.87. The standard InChI is InChI=1S/C30H31FN4O3S/c1-34-11-10-19-13-21(16-32-28(19)34)24-9-6-22(31)15-25(24)26-17-39-30(33-26)35(23-7-8-23)29(38)20(14-27(36)37)12-18-4-2-3-5-18/h6,9-11,13,15-18,20,23H,2-5,7-8,12,14H2,1H3,(H,36,37)/t20-/m1/s1. The molecule has 6 rings (SSSR count). The van der Waals surface area contributed by atoms with Crippen LogP contribution < -0.4 is 4.90 Å². The summed E-state index contributed by atoms with van der Waals surface area (Å²) in [6.07, 6.45) is 10.3. The zero-order valence-electron chi connectivity index (χ0n) is 21.8. The number of rotatable bonds is 9. The fourth-order valence-corrected chi connectivity index (χ4v) is 6.77. The van der Waals surface area contributed by atoms with Gasteiger partial charge in [-0.25, -0.2) is 14.4 Å². The Bertz CT molecular complexity index is 1540. The van der Waals surface area contributed by atoms with Crippen molar-refractivity contribution in [1.82, 2.24) is 14.5 Å². The van der Waals surface area contributed by atoms with Crippen molar-refractivity contribution in [2.75, 3.05) is 4.90 Å². The molecule has 0 aliphatic heterocycles. The second-order valence-corrected chi connectivity index (χ2v) is 11.7. The highest BCUT2D eigenvalue weighted by atomic mass is 32.1. The molecule has 0 unspecified atom stereocenters. The van der Waals surface area contributed by atoms with E-state index < -0.39 is 11.9 Å². The molecular formula is C30H31FN4O3S. The molecule has 39 heavy (non-hydrogen) atoms. The van der Waals surface area contributed by atoms with Crippen molar-refractivity contribution in [3.63, 3.8) is 0 Å². The lowest BCUT2D eigenvalue weighted by Gasteiger charge is -2.26. The highest BCUT2D eigenvalue weighted by Gasteiger charge is 2.40. The van der Waals surface area contributed by atoms with Gasteiger partial charge in [-0.2, -0.15) is 0 Å². The highest BCUT2D eigenvalue weighted by Crippen LogP contribution is 2.41. The first kappa shape index (κ1) is 25.7. The summed E-state index contributed by atoms with van der Waals surface area (Å²) < 4.78 is 16.4. The van der Waals surface area contributed by atoms with E-state index in [1.165, 1.54) is 23.5 Å². The van der Waals surface area contributed by atoms with Crippen molar-refractivity contribution in [2.45, 2.75) is 57.4 Å². The molecule has 1 N–H and O–H groups in total. The Balaban J connectivity index is 1.33. The highest BCUT2D eigenvalue weighted by molar-refractivity contribution is 7.14. The molecular weight excluding hydrogens is 515 g/mol.